The number of likely N-dealkylation sites (tertiary alicyclic amines) is 1. The third-order valence-electron chi connectivity index (χ3n) is 5.68. The summed E-state index contributed by atoms with van der Waals surface area (Å²) >= 11 is 0. The number of ether oxygens (including phenoxy) is 1. The van der Waals surface area contributed by atoms with E-state index in [1.54, 1.807) is 0 Å². The van der Waals surface area contributed by atoms with Crippen molar-refractivity contribution >= 4 is 11.8 Å². The van der Waals surface area contributed by atoms with Crippen molar-refractivity contribution in [2.75, 3.05) is 33.3 Å². The second-order valence-corrected chi connectivity index (χ2v) is 7.77. The van der Waals surface area contributed by atoms with Gasteiger partial charge in [0, 0.05) is 19.0 Å². The molecule has 24 heavy (non-hydrogen) atoms. The van der Waals surface area contributed by atoms with Gasteiger partial charge in [0.15, 0.2) is 0 Å². The van der Waals surface area contributed by atoms with Gasteiger partial charge in [-0.25, -0.2) is 0 Å². The van der Waals surface area contributed by atoms with Gasteiger partial charge in [0.05, 0.1) is 19.7 Å². The molecule has 3 fully saturated rings. The molecule has 2 amide bonds. The summed E-state index contributed by atoms with van der Waals surface area (Å²) in [5, 5.41) is 3.17. The number of rotatable bonds is 5. The summed E-state index contributed by atoms with van der Waals surface area (Å²) < 4.78 is 6.06. The molecule has 2 saturated heterocycles. The lowest BCUT2D eigenvalue weighted by atomic mass is 9.90. The van der Waals surface area contributed by atoms with Gasteiger partial charge >= 0.3 is 0 Å². The van der Waals surface area contributed by atoms with Crippen LogP contribution in [-0.4, -0.2) is 72.6 Å². The zero-order valence-electron chi connectivity index (χ0n) is 15.1. The lowest BCUT2D eigenvalue weighted by molar-refractivity contribution is -0.201. The van der Waals surface area contributed by atoms with Gasteiger partial charge < -0.3 is 15.0 Å². The van der Waals surface area contributed by atoms with Gasteiger partial charge in [0.2, 0.25) is 11.8 Å². The molecule has 0 aromatic carbocycles. The highest BCUT2D eigenvalue weighted by atomic mass is 16.5. The van der Waals surface area contributed by atoms with Crippen LogP contribution in [0.3, 0.4) is 0 Å². The maximum Gasteiger partial charge on any atom is 0.239 e. The molecule has 2 heterocycles. The molecule has 1 saturated carbocycles. The van der Waals surface area contributed by atoms with Crippen LogP contribution in [0.2, 0.25) is 0 Å². The normalized spacial score (nSPS) is 27.2. The van der Waals surface area contributed by atoms with E-state index in [0.29, 0.717) is 38.7 Å². The van der Waals surface area contributed by atoms with E-state index in [9.17, 15) is 9.59 Å². The van der Waals surface area contributed by atoms with Crippen LogP contribution in [0, 0.1) is 0 Å². The lowest BCUT2D eigenvalue weighted by Gasteiger charge is -2.54. The minimum absolute atomic E-state index is 0.0921. The van der Waals surface area contributed by atoms with E-state index in [0.717, 1.165) is 25.7 Å². The molecule has 0 aromatic rings. The number of carbonyl (C=O) groups excluding carboxylic acids is 2. The highest BCUT2D eigenvalue weighted by Gasteiger charge is 2.51. The molecule has 1 N–H and O–H groups in total. The van der Waals surface area contributed by atoms with Crippen LogP contribution in [-0.2, 0) is 14.3 Å². The monoisotopic (exact) mass is 337 g/mol. The minimum Gasteiger partial charge on any atom is -0.368 e. The third kappa shape index (κ3) is 3.75. The molecule has 3 rings (SSSR count). The first kappa shape index (κ1) is 17.7. The van der Waals surface area contributed by atoms with Crippen molar-refractivity contribution in [1.82, 2.24) is 15.1 Å². The van der Waals surface area contributed by atoms with E-state index < -0.39 is 0 Å². The van der Waals surface area contributed by atoms with Crippen LogP contribution in [0.4, 0.5) is 0 Å². The van der Waals surface area contributed by atoms with E-state index in [2.05, 4.69) is 17.1 Å². The molecule has 0 aromatic heterocycles. The summed E-state index contributed by atoms with van der Waals surface area (Å²) in [5.74, 6) is 0.323. The Balaban J connectivity index is 1.45. The van der Waals surface area contributed by atoms with Gasteiger partial charge in [0.25, 0.3) is 0 Å². The molecule has 3 aliphatic rings. The number of nitrogens with one attached hydrogen (secondary N) is 1. The summed E-state index contributed by atoms with van der Waals surface area (Å²) in [7, 11) is 1.99. The first-order valence-electron chi connectivity index (χ1n) is 9.45. The Kier molecular flexibility index (Phi) is 5.45. The number of nitrogens with zero attached hydrogens (tertiary/aromatic N) is 2. The van der Waals surface area contributed by atoms with Gasteiger partial charge in [0.1, 0.15) is 11.6 Å². The van der Waals surface area contributed by atoms with Gasteiger partial charge in [-0.1, -0.05) is 26.2 Å². The third-order valence-corrected chi connectivity index (χ3v) is 5.68. The van der Waals surface area contributed by atoms with E-state index in [4.69, 9.17) is 4.74 Å². The van der Waals surface area contributed by atoms with Crippen LogP contribution in [0.5, 0.6) is 0 Å². The molecule has 6 heteroatoms. The topological polar surface area (TPSA) is 61.9 Å². The van der Waals surface area contributed by atoms with Crippen LogP contribution >= 0.6 is 0 Å². The summed E-state index contributed by atoms with van der Waals surface area (Å²) in [6.45, 7) is 4.56. The zero-order valence-corrected chi connectivity index (χ0v) is 15.1. The van der Waals surface area contributed by atoms with Crippen LogP contribution in [0.25, 0.3) is 0 Å². The van der Waals surface area contributed by atoms with E-state index in [-0.39, 0.29) is 23.5 Å². The quantitative estimate of drug-likeness (QED) is 0.817. The Bertz CT molecular complexity index is 470. The fraction of sp³-hybridized carbons (Fsp3) is 0.889. The lowest BCUT2D eigenvalue weighted by Crippen LogP contribution is -2.73. The first-order chi connectivity index (χ1) is 11.5. The SMILES string of the molecule is CCCCC(=O)N1CC2(C1)CN(C)[C@H](C(=O)NC1CCCC1)CO2. The van der Waals surface area contributed by atoms with Crippen LogP contribution in [0.15, 0.2) is 0 Å². The summed E-state index contributed by atoms with van der Waals surface area (Å²) in [5.41, 5.74) is -0.263. The second kappa shape index (κ2) is 7.40. The predicted octanol–water partition coefficient (Wildman–Crippen LogP) is 1.15. The second-order valence-electron chi connectivity index (χ2n) is 7.77. The van der Waals surface area contributed by atoms with Gasteiger partial charge in [-0.15, -0.1) is 0 Å². The molecule has 0 bridgehead atoms. The molecule has 6 nitrogen and oxygen atoms in total. The molecular weight excluding hydrogens is 306 g/mol. The van der Waals surface area contributed by atoms with Crippen LogP contribution < -0.4 is 5.32 Å². The minimum atomic E-state index is -0.263. The molecular formula is C18H31N3O3. The molecule has 0 unspecified atom stereocenters. The predicted molar refractivity (Wildman–Crippen MR) is 91.6 cm³/mol. The Morgan fingerprint density at radius 1 is 1.21 bits per heavy atom. The molecule has 1 atom stereocenters. The van der Waals surface area contributed by atoms with E-state index >= 15 is 0 Å². The maximum atomic E-state index is 12.5. The number of carbonyl (C=O) groups is 2. The molecule has 1 spiro atoms. The van der Waals surface area contributed by atoms with Crippen molar-refractivity contribution in [2.24, 2.45) is 0 Å². The van der Waals surface area contributed by atoms with Crippen molar-refractivity contribution in [2.45, 2.75) is 69.6 Å². The van der Waals surface area contributed by atoms with Crippen LogP contribution in [0.1, 0.15) is 51.9 Å². The smallest absolute Gasteiger partial charge is 0.239 e. The van der Waals surface area contributed by atoms with Gasteiger partial charge in [-0.05, 0) is 26.3 Å². The number of hydrogen-bond donors (Lipinski definition) is 1. The molecule has 0 radical (unpaired) electrons. The van der Waals surface area contributed by atoms with Crippen molar-refractivity contribution in [3.05, 3.63) is 0 Å². The molecule has 136 valence electrons. The number of amides is 2. The average molecular weight is 337 g/mol. The number of morpholine rings is 1. The van der Waals surface area contributed by atoms with Gasteiger partial charge in [-0.3, -0.25) is 14.5 Å². The number of unbranched alkanes of at least 4 members (excludes halogenated alkanes) is 1. The Labute approximate surface area is 144 Å². The highest BCUT2D eigenvalue weighted by molar-refractivity contribution is 5.82. The zero-order chi connectivity index (χ0) is 17.2. The number of likely N-dealkylation sites (N-methyl/N-ethyl adjacent to an activating group) is 1. The van der Waals surface area contributed by atoms with Crippen molar-refractivity contribution in [1.29, 1.82) is 0 Å². The molecule has 2 aliphatic heterocycles. The van der Waals surface area contributed by atoms with Gasteiger partial charge in [-0.2, -0.15) is 0 Å². The van der Waals surface area contributed by atoms with E-state index in [1.165, 1.54) is 12.8 Å². The summed E-state index contributed by atoms with van der Waals surface area (Å²) in [6, 6.07) is 0.137. The first-order valence-corrected chi connectivity index (χ1v) is 9.45. The van der Waals surface area contributed by atoms with Crippen molar-refractivity contribution in [3.8, 4) is 0 Å². The Morgan fingerprint density at radius 2 is 1.92 bits per heavy atom. The number of hydrogen-bond acceptors (Lipinski definition) is 4. The molecule has 1 aliphatic carbocycles. The highest BCUT2D eigenvalue weighted by Crippen LogP contribution is 2.31. The fourth-order valence-corrected chi connectivity index (χ4v) is 4.14. The Hall–Kier alpha value is -1.14. The Morgan fingerprint density at radius 3 is 2.54 bits per heavy atom. The maximum absolute atomic E-state index is 12.5. The summed E-state index contributed by atoms with van der Waals surface area (Å²) in [4.78, 5) is 28.5. The largest absolute Gasteiger partial charge is 0.368 e. The summed E-state index contributed by atoms with van der Waals surface area (Å²) in [6.07, 6.45) is 7.26. The average Bonchev–Trinajstić information content (AvgIpc) is 3.02. The standard InChI is InChI=1S/C18H31N3O3/c1-3-4-9-16(22)21-12-18(13-21)11-20(2)15(10-24-18)17(23)19-14-7-5-6-8-14/h14-15H,3-13H2,1-2H3,(H,19,23)/t15-/m0/s1. The van der Waals surface area contributed by atoms with Crippen molar-refractivity contribution < 1.29 is 14.3 Å². The van der Waals surface area contributed by atoms with E-state index in [1.807, 2.05) is 11.9 Å². The van der Waals surface area contributed by atoms with Crippen molar-refractivity contribution in [3.63, 3.8) is 0 Å². The fourth-order valence-electron chi connectivity index (χ4n) is 4.14.